The van der Waals surface area contributed by atoms with E-state index in [1.54, 1.807) is 11.3 Å². The summed E-state index contributed by atoms with van der Waals surface area (Å²) >= 11 is 1.79. The van der Waals surface area contributed by atoms with Gasteiger partial charge in [0.2, 0.25) is 0 Å². The lowest BCUT2D eigenvalue weighted by molar-refractivity contribution is 0.515. The summed E-state index contributed by atoms with van der Waals surface area (Å²) in [6.45, 7) is 3.44. The Morgan fingerprint density at radius 3 is 3.00 bits per heavy atom. The van der Waals surface area contributed by atoms with Crippen LogP contribution in [-0.2, 0) is 6.42 Å². The van der Waals surface area contributed by atoms with Crippen LogP contribution in [0.3, 0.4) is 0 Å². The second-order valence-corrected chi connectivity index (χ2v) is 4.11. The van der Waals surface area contributed by atoms with Gasteiger partial charge in [0.15, 0.2) is 0 Å². The molecule has 1 nitrogen and oxygen atoms in total. The van der Waals surface area contributed by atoms with E-state index in [1.807, 2.05) is 7.05 Å². The highest BCUT2D eigenvalue weighted by Crippen LogP contribution is 2.13. The summed E-state index contributed by atoms with van der Waals surface area (Å²) < 4.78 is 0. The number of hydrogen-bond acceptors (Lipinski definition) is 2. The molecular weight excluding hydrogens is 166 g/mol. The predicted octanol–water partition coefficient (Wildman–Crippen LogP) is 2.54. The van der Waals surface area contributed by atoms with Gasteiger partial charge in [0.05, 0.1) is 0 Å². The van der Waals surface area contributed by atoms with Crippen LogP contribution in [0.4, 0.5) is 0 Å². The molecule has 0 aliphatic carbocycles. The highest BCUT2D eigenvalue weighted by atomic mass is 32.1. The van der Waals surface area contributed by atoms with Gasteiger partial charge in [-0.1, -0.05) is 6.92 Å². The average molecular weight is 183 g/mol. The highest BCUT2D eigenvalue weighted by Gasteiger charge is 2.02. The third-order valence-electron chi connectivity index (χ3n) is 2.05. The fourth-order valence-corrected chi connectivity index (χ4v) is 1.99. The number of nitrogens with one attached hydrogen (secondary N) is 1. The van der Waals surface area contributed by atoms with Crippen molar-refractivity contribution in [2.24, 2.45) is 5.92 Å². The van der Waals surface area contributed by atoms with Crippen molar-refractivity contribution in [2.75, 3.05) is 13.6 Å². The molecule has 0 bridgehead atoms. The molecule has 0 aliphatic heterocycles. The van der Waals surface area contributed by atoms with Gasteiger partial charge < -0.3 is 5.32 Å². The summed E-state index contributed by atoms with van der Waals surface area (Å²) in [6.07, 6.45) is 2.50. The quantitative estimate of drug-likeness (QED) is 0.739. The van der Waals surface area contributed by atoms with Gasteiger partial charge in [0, 0.05) is 0 Å². The van der Waals surface area contributed by atoms with E-state index in [2.05, 4.69) is 29.1 Å². The van der Waals surface area contributed by atoms with E-state index in [9.17, 15) is 0 Å². The van der Waals surface area contributed by atoms with Crippen molar-refractivity contribution in [2.45, 2.75) is 19.8 Å². The van der Waals surface area contributed by atoms with Crippen molar-refractivity contribution in [3.05, 3.63) is 22.4 Å². The van der Waals surface area contributed by atoms with Crippen molar-refractivity contribution >= 4 is 11.3 Å². The van der Waals surface area contributed by atoms with Crippen molar-refractivity contribution in [1.29, 1.82) is 0 Å². The second kappa shape index (κ2) is 5.33. The SMILES string of the molecule is CNCCC(C)Cc1ccsc1. The molecule has 1 aromatic heterocycles. The summed E-state index contributed by atoms with van der Waals surface area (Å²) in [5.41, 5.74) is 1.49. The van der Waals surface area contributed by atoms with E-state index < -0.39 is 0 Å². The zero-order valence-electron chi connectivity index (χ0n) is 7.84. The molecule has 0 aromatic carbocycles. The lowest BCUT2D eigenvalue weighted by atomic mass is 10.0. The maximum Gasteiger partial charge on any atom is -0.00493 e. The molecular formula is C10H17NS. The lowest BCUT2D eigenvalue weighted by Crippen LogP contribution is -2.12. The normalized spacial score (nSPS) is 13.2. The third-order valence-corrected chi connectivity index (χ3v) is 2.78. The van der Waals surface area contributed by atoms with E-state index in [0.29, 0.717) is 0 Å². The average Bonchev–Trinajstić information content (AvgIpc) is 2.53. The molecule has 1 rings (SSSR count). The van der Waals surface area contributed by atoms with Gasteiger partial charge in [-0.25, -0.2) is 0 Å². The van der Waals surface area contributed by atoms with Gasteiger partial charge in [0.1, 0.15) is 0 Å². The molecule has 0 amide bonds. The molecule has 0 saturated heterocycles. The van der Waals surface area contributed by atoms with Crippen molar-refractivity contribution in [3.8, 4) is 0 Å². The lowest BCUT2D eigenvalue weighted by Gasteiger charge is -2.08. The first-order valence-corrected chi connectivity index (χ1v) is 5.43. The summed E-state index contributed by atoms with van der Waals surface area (Å²) in [5.74, 6) is 0.798. The molecule has 0 radical (unpaired) electrons. The molecule has 1 atom stereocenters. The monoisotopic (exact) mass is 183 g/mol. The smallest absolute Gasteiger partial charge is 0.00493 e. The Hall–Kier alpha value is -0.340. The van der Waals surface area contributed by atoms with Gasteiger partial charge in [-0.2, -0.15) is 11.3 Å². The van der Waals surface area contributed by atoms with Crippen LogP contribution in [0.2, 0.25) is 0 Å². The van der Waals surface area contributed by atoms with Crippen LogP contribution < -0.4 is 5.32 Å². The first kappa shape index (κ1) is 9.75. The standard InChI is InChI=1S/C10H17NS/c1-9(3-5-11-2)7-10-4-6-12-8-10/h4,6,8-9,11H,3,5,7H2,1-2H3. The molecule has 1 aromatic rings. The molecule has 0 spiro atoms. The molecule has 1 heterocycles. The fraction of sp³-hybridized carbons (Fsp3) is 0.600. The highest BCUT2D eigenvalue weighted by molar-refractivity contribution is 7.07. The van der Waals surface area contributed by atoms with Crippen LogP contribution in [0.15, 0.2) is 16.8 Å². The van der Waals surface area contributed by atoms with E-state index in [1.165, 1.54) is 18.4 Å². The molecule has 1 unspecified atom stereocenters. The summed E-state index contributed by atoms with van der Waals surface area (Å²) in [6, 6.07) is 2.22. The molecule has 0 aliphatic rings. The van der Waals surface area contributed by atoms with E-state index in [4.69, 9.17) is 0 Å². The molecule has 1 N–H and O–H groups in total. The first-order chi connectivity index (χ1) is 5.83. The van der Waals surface area contributed by atoms with Crippen LogP contribution in [0.5, 0.6) is 0 Å². The van der Waals surface area contributed by atoms with Crippen molar-refractivity contribution in [1.82, 2.24) is 5.32 Å². The van der Waals surface area contributed by atoms with Crippen molar-refractivity contribution < 1.29 is 0 Å². The molecule has 0 fully saturated rings. The molecule has 12 heavy (non-hydrogen) atoms. The largest absolute Gasteiger partial charge is 0.320 e. The molecule has 68 valence electrons. The number of thiophene rings is 1. The van der Waals surface area contributed by atoms with Gasteiger partial charge in [-0.15, -0.1) is 0 Å². The van der Waals surface area contributed by atoms with Gasteiger partial charge >= 0.3 is 0 Å². The maximum atomic E-state index is 3.18. The van der Waals surface area contributed by atoms with E-state index in [-0.39, 0.29) is 0 Å². The number of rotatable bonds is 5. The fourth-order valence-electron chi connectivity index (χ4n) is 1.30. The minimum atomic E-state index is 0.798. The van der Waals surface area contributed by atoms with E-state index in [0.717, 1.165) is 12.5 Å². The minimum Gasteiger partial charge on any atom is -0.320 e. The zero-order valence-corrected chi connectivity index (χ0v) is 8.66. The van der Waals surface area contributed by atoms with Gasteiger partial charge in [-0.05, 0) is 54.7 Å². The van der Waals surface area contributed by atoms with Crippen LogP contribution in [-0.4, -0.2) is 13.6 Å². The minimum absolute atomic E-state index is 0.798. The van der Waals surface area contributed by atoms with E-state index >= 15 is 0 Å². The van der Waals surface area contributed by atoms with Crippen LogP contribution in [0, 0.1) is 5.92 Å². The predicted molar refractivity (Wildman–Crippen MR) is 55.7 cm³/mol. The topological polar surface area (TPSA) is 12.0 Å². The Bertz CT molecular complexity index is 194. The van der Waals surface area contributed by atoms with Crippen LogP contribution in [0.1, 0.15) is 18.9 Å². The Balaban J connectivity index is 2.22. The molecule has 2 heteroatoms. The Morgan fingerprint density at radius 1 is 1.58 bits per heavy atom. The van der Waals surface area contributed by atoms with Gasteiger partial charge in [0.25, 0.3) is 0 Å². The second-order valence-electron chi connectivity index (χ2n) is 3.33. The first-order valence-electron chi connectivity index (χ1n) is 4.48. The molecule has 0 saturated carbocycles. The van der Waals surface area contributed by atoms with Crippen LogP contribution >= 0.6 is 11.3 Å². The Morgan fingerprint density at radius 2 is 2.42 bits per heavy atom. The zero-order chi connectivity index (χ0) is 8.81. The Labute approximate surface area is 78.8 Å². The Kier molecular flexibility index (Phi) is 4.33. The maximum absolute atomic E-state index is 3.18. The number of hydrogen-bond donors (Lipinski definition) is 1. The van der Waals surface area contributed by atoms with Crippen molar-refractivity contribution in [3.63, 3.8) is 0 Å². The summed E-state index contributed by atoms with van der Waals surface area (Å²) in [7, 11) is 2.01. The third kappa shape index (κ3) is 3.37. The van der Waals surface area contributed by atoms with Gasteiger partial charge in [-0.3, -0.25) is 0 Å². The summed E-state index contributed by atoms with van der Waals surface area (Å²) in [4.78, 5) is 0. The summed E-state index contributed by atoms with van der Waals surface area (Å²) in [5, 5.41) is 7.58. The van der Waals surface area contributed by atoms with Crippen LogP contribution in [0.25, 0.3) is 0 Å².